The van der Waals surface area contributed by atoms with Gasteiger partial charge in [0.25, 0.3) is 0 Å². The summed E-state index contributed by atoms with van der Waals surface area (Å²) in [6, 6.07) is 7.50. The Bertz CT molecular complexity index is 610. The average Bonchev–Trinajstić information content (AvgIpc) is 2.93. The van der Waals surface area contributed by atoms with Gasteiger partial charge < -0.3 is 9.47 Å². The summed E-state index contributed by atoms with van der Waals surface area (Å²) >= 11 is 3.37. The van der Waals surface area contributed by atoms with Crippen LogP contribution >= 0.6 is 15.9 Å². The fourth-order valence-electron chi connectivity index (χ4n) is 1.83. The zero-order valence-corrected chi connectivity index (χ0v) is 13.5. The van der Waals surface area contributed by atoms with Crippen molar-refractivity contribution < 1.29 is 14.3 Å². The number of aromatic nitrogens is 2. The number of carbonyl (C=O) groups is 1. The maximum absolute atomic E-state index is 12.0. The van der Waals surface area contributed by atoms with Gasteiger partial charge in [0, 0.05) is 4.47 Å². The molecule has 6 heteroatoms. The van der Waals surface area contributed by atoms with Crippen LogP contribution in [0.5, 0.6) is 5.75 Å². The summed E-state index contributed by atoms with van der Waals surface area (Å²) in [6.45, 7) is 4.46. The van der Waals surface area contributed by atoms with Gasteiger partial charge in [0.15, 0.2) is 0 Å². The Morgan fingerprint density at radius 3 is 2.90 bits per heavy atom. The van der Waals surface area contributed by atoms with Crippen LogP contribution in [0.25, 0.3) is 0 Å². The number of benzene rings is 1. The van der Waals surface area contributed by atoms with E-state index in [1.165, 1.54) is 6.20 Å². The highest BCUT2D eigenvalue weighted by molar-refractivity contribution is 9.10. The molecule has 1 heterocycles. The zero-order chi connectivity index (χ0) is 15.2. The molecule has 0 radical (unpaired) electrons. The highest BCUT2D eigenvalue weighted by atomic mass is 79.9. The normalized spacial score (nSPS) is 10.7. The summed E-state index contributed by atoms with van der Waals surface area (Å²) in [6.07, 6.45) is 1.49. The summed E-state index contributed by atoms with van der Waals surface area (Å²) in [5.74, 6) is 0.532. The fraction of sp³-hybridized carbons (Fsp3) is 0.333. The number of rotatable bonds is 6. The Balaban J connectivity index is 1.81. The van der Waals surface area contributed by atoms with Crippen LogP contribution in [-0.4, -0.2) is 29.4 Å². The van der Waals surface area contributed by atoms with Gasteiger partial charge in [0.2, 0.25) is 0 Å². The topological polar surface area (TPSA) is 64.2 Å². The molecular weight excluding hydrogens is 336 g/mol. The molecule has 112 valence electrons. The molecule has 2 rings (SSSR count). The predicted molar refractivity (Wildman–Crippen MR) is 82.6 cm³/mol. The van der Waals surface area contributed by atoms with E-state index >= 15 is 0 Å². The SMILES string of the molecule is CC(C)c1[nH]ncc1C(=O)OCCOc1cccc(Br)c1. The van der Waals surface area contributed by atoms with Crippen LogP contribution in [0.2, 0.25) is 0 Å². The first-order chi connectivity index (χ1) is 10.1. The van der Waals surface area contributed by atoms with E-state index in [9.17, 15) is 4.79 Å². The first kappa shape index (κ1) is 15.6. The summed E-state index contributed by atoms with van der Waals surface area (Å²) in [5, 5.41) is 6.71. The minimum Gasteiger partial charge on any atom is -0.490 e. The third kappa shape index (κ3) is 4.32. The maximum Gasteiger partial charge on any atom is 0.341 e. The smallest absolute Gasteiger partial charge is 0.341 e. The highest BCUT2D eigenvalue weighted by Crippen LogP contribution is 2.18. The molecule has 0 amide bonds. The van der Waals surface area contributed by atoms with Crippen LogP contribution in [0.4, 0.5) is 0 Å². The van der Waals surface area contributed by atoms with E-state index in [-0.39, 0.29) is 18.5 Å². The summed E-state index contributed by atoms with van der Waals surface area (Å²) in [7, 11) is 0. The molecule has 0 unspecified atom stereocenters. The number of hydrogen-bond donors (Lipinski definition) is 1. The van der Waals surface area contributed by atoms with Crippen LogP contribution < -0.4 is 4.74 Å². The van der Waals surface area contributed by atoms with Gasteiger partial charge in [0.1, 0.15) is 24.5 Å². The van der Waals surface area contributed by atoms with Gasteiger partial charge in [-0.05, 0) is 24.1 Å². The monoisotopic (exact) mass is 352 g/mol. The Kier molecular flexibility index (Phi) is 5.38. The molecule has 0 bridgehead atoms. The van der Waals surface area contributed by atoms with Crippen molar-refractivity contribution >= 4 is 21.9 Å². The van der Waals surface area contributed by atoms with Crippen LogP contribution in [-0.2, 0) is 4.74 Å². The number of ether oxygens (including phenoxy) is 2. The highest BCUT2D eigenvalue weighted by Gasteiger charge is 2.17. The molecule has 0 fully saturated rings. The second kappa shape index (κ2) is 7.26. The average molecular weight is 353 g/mol. The Hall–Kier alpha value is -1.82. The van der Waals surface area contributed by atoms with E-state index in [0.717, 1.165) is 15.9 Å². The minimum atomic E-state index is -0.384. The molecular formula is C15H17BrN2O3. The van der Waals surface area contributed by atoms with Crippen molar-refractivity contribution in [3.8, 4) is 5.75 Å². The van der Waals surface area contributed by atoms with Crippen molar-refractivity contribution in [2.75, 3.05) is 13.2 Å². The first-order valence-corrected chi connectivity index (χ1v) is 7.46. The summed E-state index contributed by atoms with van der Waals surface area (Å²) < 4.78 is 11.6. The predicted octanol–water partition coefficient (Wildman–Crippen LogP) is 3.53. The lowest BCUT2D eigenvalue weighted by molar-refractivity contribution is 0.0449. The number of esters is 1. The number of H-pyrrole nitrogens is 1. The van der Waals surface area contributed by atoms with Gasteiger partial charge in [-0.1, -0.05) is 35.8 Å². The second-order valence-electron chi connectivity index (χ2n) is 4.79. The van der Waals surface area contributed by atoms with Gasteiger partial charge in [-0.3, -0.25) is 5.10 Å². The van der Waals surface area contributed by atoms with E-state index in [4.69, 9.17) is 9.47 Å². The van der Waals surface area contributed by atoms with Crippen molar-refractivity contribution in [3.63, 3.8) is 0 Å². The fourth-order valence-corrected chi connectivity index (χ4v) is 2.21. The van der Waals surface area contributed by atoms with Crippen molar-refractivity contribution in [1.29, 1.82) is 0 Å². The van der Waals surface area contributed by atoms with E-state index in [1.54, 1.807) is 0 Å². The Morgan fingerprint density at radius 2 is 2.19 bits per heavy atom. The molecule has 0 saturated carbocycles. The standard InChI is InChI=1S/C15H17BrN2O3/c1-10(2)14-13(9-17-18-14)15(19)21-7-6-20-12-5-3-4-11(16)8-12/h3-5,8-10H,6-7H2,1-2H3,(H,17,18). The lowest BCUT2D eigenvalue weighted by Gasteiger charge is -2.08. The van der Waals surface area contributed by atoms with Gasteiger partial charge in [-0.15, -0.1) is 0 Å². The van der Waals surface area contributed by atoms with Crippen molar-refractivity contribution in [2.24, 2.45) is 0 Å². The molecule has 1 aromatic heterocycles. The number of nitrogens with zero attached hydrogens (tertiary/aromatic N) is 1. The molecule has 5 nitrogen and oxygen atoms in total. The number of halogens is 1. The first-order valence-electron chi connectivity index (χ1n) is 6.66. The van der Waals surface area contributed by atoms with Gasteiger partial charge >= 0.3 is 5.97 Å². The van der Waals surface area contributed by atoms with Crippen molar-refractivity contribution in [3.05, 3.63) is 46.2 Å². The third-order valence-electron chi connectivity index (χ3n) is 2.85. The molecule has 0 saturated heterocycles. The van der Waals surface area contributed by atoms with Crippen LogP contribution in [0.3, 0.4) is 0 Å². The van der Waals surface area contributed by atoms with E-state index < -0.39 is 0 Å². The molecule has 0 spiro atoms. The van der Waals surface area contributed by atoms with Gasteiger partial charge in [-0.25, -0.2) is 4.79 Å². The zero-order valence-electron chi connectivity index (χ0n) is 11.9. The molecule has 1 N–H and O–H groups in total. The summed E-state index contributed by atoms with van der Waals surface area (Å²) in [4.78, 5) is 12.0. The number of nitrogens with one attached hydrogen (secondary N) is 1. The van der Waals surface area contributed by atoms with E-state index in [0.29, 0.717) is 12.2 Å². The second-order valence-corrected chi connectivity index (χ2v) is 5.71. The third-order valence-corrected chi connectivity index (χ3v) is 3.34. The van der Waals surface area contributed by atoms with Crippen LogP contribution in [0, 0.1) is 0 Å². The largest absolute Gasteiger partial charge is 0.490 e. The molecule has 0 atom stereocenters. The van der Waals surface area contributed by atoms with Gasteiger partial charge in [-0.2, -0.15) is 5.10 Å². The molecule has 1 aromatic carbocycles. The van der Waals surface area contributed by atoms with Crippen LogP contribution in [0.1, 0.15) is 35.8 Å². The van der Waals surface area contributed by atoms with E-state index in [2.05, 4.69) is 26.1 Å². The quantitative estimate of drug-likeness (QED) is 0.637. The van der Waals surface area contributed by atoms with E-state index in [1.807, 2.05) is 38.1 Å². The molecule has 2 aromatic rings. The summed E-state index contributed by atoms with van der Waals surface area (Å²) in [5.41, 5.74) is 1.26. The van der Waals surface area contributed by atoms with Crippen LogP contribution in [0.15, 0.2) is 34.9 Å². The van der Waals surface area contributed by atoms with Gasteiger partial charge in [0.05, 0.1) is 11.9 Å². The molecule has 0 aliphatic rings. The minimum absolute atomic E-state index is 0.188. The Morgan fingerprint density at radius 1 is 1.38 bits per heavy atom. The number of aromatic amines is 1. The maximum atomic E-state index is 12.0. The molecule has 21 heavy (non-hydrogen) atoms. The van der Waals surface area contributed by atoms with Crippen molar-refractivity contribution in [1.82, 2.24) is 10.2 Å². The molecule has 0 aliphatic heterocycles. The lowest BCUT2D eigenvalue weighted by Crippen LogP contribution is -2.13. The number of hydrogen-bond acceptors (Lipinski definition) is 4. The Labute approximate surface area is 131 Å². The number of carbonyl (C=O) groups excluding carboxylic acids is 1. The lowest BCUT2D eigenvalue weighted by atomic mass is 10.1. The van der Waals surface area contributed by atoms with Crippen molar-refractivity contribution in [2.45, 2.75) is 19.8 Å². The molecule has 0 aliphatic carbocycles.